The third-order valence-corrected chi connectivity index (χ3v) is 7.24. The monoisotopic (exact) mass is 487 g/mol. The normalized spacial score (nSPS) is 26.5. The molecule has 182 valence electrons. The van der Waals surface area contributed by atoms with Crippen LogP contribution in [0, 0.1) is 29.1 Å². The van der Waals surface area contributed by atoms with E-state index in [0.717, 1.165) is 25.6 Å². The Bertz CT molecular complexity index is 988. The average Bonchev–Trinajstić information content (AvgIpc) is 3.34. The molecule has 2 saturated heterocycles. The molecule has 1 aliphatic carbocycles. The van der Waals surface area contributed by atoms with Crippen LogP contribution in [0.5, 0.6) is 0 Å². The van der Waals surface area contributed by atoms with Crippen LogP contribution in [0.25, 0.3) is 0 Å². The van der Waals surface area contributed by atoms with E-state index in [0.29, 0.717) is 24.5 Å². The van der Waals surface area contributed by atoms with E-state index in [4.69, 9.17) is 26.3 Å². The summed E-state index contributed by atoms with van der Waals surface area (Å²) in [6.45, 7) is 7.57. The standard InChI is InChI=1S/C25H31ClFN5O2/c1-29-24(31-21-8-7-17(10-28)9-20(21)26)22(27)25(30-2)34-23-18-12-32(11-16-5-3-4-6-16)13-19(23)15-33-14-18/h7-9,16,18-19,23H,2-6,11-15H2,1H3,(H,29,31). The second-order valence-corrected chi connectivity index (χ2v) is 9.70. The van der Waals surface area contributed by atoms with E-state index in [1.165, 1.54) is 38.8 Å². The van der Waals surface area contributed by atoms with Gasteiger partial charge in [0, 0.05) is 38.5 Å². The predicted molar refractivity (Wildman–Crippen MR) is 132 cm³/mol. The number of hydrogen-bond acceptors (Lipinski definition) is 6. The van der Waals surface area contributed by atoms with Crippen LogP contribution in [0.2, 0.25) is 5.02 Å². The van der Waals surface area contributed by atoms with Crippen molar-refractivity contribution in [2.45, 2.75) is 31.8 Å². The lowest BCUT2D eigenvalue weighted by molar-refractivity contribution is -0.135. The van der Waals surface area contributed by atoms with Crippen LogP contribution >= 0.6 is 11.6 Å². The summed E-state index contributed by atoms with van der Waals surface area (Å²) in [5, 5.41) is 12.2. The zero-order valence-corrected chi connectivity index (χ0v) is 20.2. The van der Waals surface area contributed by atoms with Crippen LogP contribution in [0.1, 0.15) is 31.2 Å². The Hall–Kier alpha value is -2.47. The van der Waals surface area contributed by atoms with Crippen LogP contribution in [0.15, 0.2) is 39.9 Å². The van der Waals surface area contributed by atoms with Gasteiger partial charge in [-0.15, -0.1) is 0 Å². The number of likely N-dealkylation sites (tertiary alicyclic amines) is 1. The number of nitriles is 1. The van der Waals surface area contributed by atoms with Gasteiger partial charge in [0.1, 0.15) is 6.10 Å². The third-order valence-electron chi connectivity index (χ3n) is 6.93. The Morgan fingerprint density at radius 1 is 1.32 bits per heavy atom. The Morgan fingerprint density at radius 2 is 2.03 bits per heavy atom. The largest absolute Gasteiger partial charge is 0.471 e. The summed E-state index contributed by atoms with van der Waals surface area (Å²) in [4.78, 5) is 10.4. The second kappa shape index (κ2) is 11.3. The van der Waals surface area contributed by atoms with E-state index in [-0.39, 0.29) is 34.7 Å². The molecular weight excluding hydrogens is 457 g/mol. The van der Waals surface area contributed by atoms with Gasteiger partial charge < -0.3 is 19.7 Å². The highest BCUT2D eigenvalue weighted by Crippen LogP contribution is 2.35. The van der Waals surface area contributed by atoms with Gasteiger partial charge in [0.2, 0.25) is 5.83 Å². The van der Waals surface area contributed by atoms with Crippen molar-refractivity contribution < 1.29 is 13.9 Å². The van der Waals surface area contributed by atoms with E-state index >= 15 is 4.39 Å². The molecule has 2 aliphatic heterocycles. The number of rotatable bonds is 7. The first-order valence-corrected chi connectivity index (χ1v) is 12.2. The first-order chi connectivity index (χ1) is 16.5. The molecule has 1 saturated carbocycles. The number of nitrogens with zero attached hydrogens (tertiary/aromatic N) is 4. The molecule has 1 aromatic rings. The molecule has 0 aromatic heterocycles. The van der Waals surface area contributed by atoms with E-state index in [2.05, 4.69) is 26.9 Å². The lowest BCUT2D eigenvalue weighted by Crippen LogP contribution is -2.56. The Kier molecular flexibility index (Phi) is 8.19. The van der Waals surface area contributed by atoms with Gasteiger partial charge in [-0.25, -0.2) is 4.99 Å². The van der Waals surface area contributed by atoms with Crippen molar-refractivity contribution in [3.63, 3.8) is 0 Å². The third kappa shape index (κ3) is 5.60. The van der Waals surface area contributed by atoms with Crippen LogP contribution in [-0.2, 0) is 9.47 Å². The van der Waals surface area contributed by atoms with Crippen molar-refractivity contribution in [1.29, 1.82) is 5.26 Å². The first-order valence-electron chi connectivity index (χ1n) is 11.8. The minimum absolute atomic E-state index is 0.0749. The minimum Gasteiger partial charge on any atom is -0.471 e. The molecule has 4 rings (SSSR count). The predicted octanol–water partition coefficient (Wildman–Crippen LogP) is 4.64. The van der Waals surface area contributed by atoms with E-state index < -0.39 is 5.83 Å². The summed E-state index contributed by atoms with van der Waals surface area (Å²) in [5.41, 5.74) is 0.830. The highest BCUT2D eigenvalue weighted by Gasteiger charge is 2.43. The van der Waals surface area contributed by atoms with Gasteiger partial charge in [-0.3, -0.25) is 4.99 Å². The Balaban J connectivity index is 1.47. The van der Waals surface area contributed by atoms with Gasteiger partial charge in [0.15, 0.2) is 5.84 Å². The number of aliphatic imine (C=N–C) groups is 2. The molecule has 0 amide bonds. The van der Waals surface area contributed by atoms with Crippen LogP contribution in [0.4, 0.5) is 10.1 Å². The summed E-state index contributed by atoms with van der Waals surface area (Å²) in [7, 11) is 1.46. The Labute approximate surface area is 205 Å². The van der Waals surface area contributed by atoms with Gasteiger partial charge in [-0.1, -0.05) is 24.4 Å². The number of anilines is 1. The van der Waals surface area contributed by atoms with Gasteiger partial charge in [-0.05, 0) is 43.7 Å². The molecule has 1 N–H and O–H groups in total. The number of halogens is 2. The number of ether oxygens (including phenoxy) is 2. The lowest BCUT2D eigenvalue weighted by atomic mass is 9.84. The van der Waals surface area contributed by atoms with Crippen molar-refractivity contribution in [3.05, 3.63) is 40.5 Å². The molecular formula is C25H31ClFN5O2. The quantitative estimate of drug-likeness (QED) is 0.344. The summed E-state index contributed by atoms with van der Waals surface area (Å²) >= 11 is 6.23. The van der Waals surface area contributed by atoms with Crippen molar-refractivity contribution in [1.82, 2.24) is 4.90 Å². The molecule has 34 heavy (non-hydrogen) atoms. The van der Waals surface area contributed by atoms with Gasteiger partial charge >= 0.3 is 0 Å². The van der Waals surface area contributed by atoms with Crippen molar-refractivity contribution in [2.75, 3.05) is 45.2 Å². The highest BCUT2D eigenvalue weighted by molar-refractivity contribution is 6.34. The SMILES string of the molecule is C=NC(OC1C2COCC1CN(CC1CCCC1)C2)=C(F)C(=NC)Nc1ccc(C#N)cc1Cl. The molecule has 3 aliphatic rings. The number of hydrogen-bond donors (Lipinski definition) is 1. The maximum atomic E-state index is 15.5. The number of benzene rings is 1. The van der Waals surface area contributed by atoms with Crippen molar-refractivity contribution in [3.8, 4) is 6.07 Å². The first kappa shape index (κ1) is 24.6. The number of piperidine rings is 1. The summed E-state index contributed by atoms with van der Waals surface area (Å²) in [6.07, 6.45) is 5.10. The lowest BCUT2D eigenvalue weighted by Gasteiger charge is -2.47. The van der Waals surface area contributed by atoms with E-state index in [1.807, 2.05) is 6.07 Å². The van der Waals surface area contributed by atoms with Crippen LogP contribution in [-0.4, -0.2) is 63.5 Å². The molecule has 2 atom stereocenters. The summed E-state index contributed by atoms with van der Waals surface area (Å²) in [5.74, 6) is 0.0523. The molecule has 0 spiro atoms. The number of amidine groups is 1. The van der Waals surface area contributed by atoms with Crippen LogP contribution < -0.4 is 5.32 Å². The molecule has 2 heterocycles. The second-order valence-electron chi connectivity index (χ2n) is 9.29. The molecule has 9 heteroatoms. The average molecular weight is 488 g/mol. The van der Waals surface area contributed by atoms with Gasteiger partial charge in [0.05, 0.1) is 35.6 Å². The molecule has 7 nitrogen and oxygen atoms in total. The molecule has 2 bridgehead atoms. The van der Waals surface area contributed by atoms with E-state index in [1.54, 1.807) is 12.1 Å². The topological polar surface area (TPSA) is 82.2 Å². The molecule has 2 unspecified atom stereocenters. The smallest absolute Gasteiger partial charge is 0.254 e. The van der Waals surface area contributed by atoms with Crippen molar-refractivity contribution in [2.24, 2.45) is 27.7 Å². The zero-order chi connectivity index (χ0) is 24.1. The number of nitrogens with one attached hydrogen (secondary N) is 1. The number of fused-ring (bicyclic) bond motifs is 2. The maximum Gasteiger partial charge on any atom is 0.254 e. The highest BCUT2D eigenvalue weighted by atomic mass is 35.5. The fraction of sp³-hybridized carbons (Fsp3) is 0.560. The van der Waals surface area contributed by atoms with Crippen LogP contribution in [0.3, 0.4) is 0 Å². The summed E-state index contributed by atoms with van der Waals surface area (Å²) < 4.78 is 27.4. The minimum atomic E-state index is -0.745. The van der Waals surface area contributed by atoms with Crippen molar-refractivity contribution >= 4 is 29.8 Å². The zero-order valence-electron chi connectivity index (χ0n) is 19.5. The van der Waals surface area contributed by atoms with E-state index in [9.17, 15) is 0 Å². The molecule has 1 aromatic carbocycles. The van der Waals surface area contributed by atoms with Gasteiger partial charge in [-0.2, -0.15) is 9.65 Å². The fourth-order valence-corrected chi connectivity index (χ4v) is 5.53. The molecule has 0 radical (unpaired) electrons. The van der Waals surface area contributed by atoms with Gasteiger partial charge in [0.25, 0.3) is 5.88 Å². The Morgan fingerprint density at radius 3 is 2.62 bits per heavy atom. The maximum absolute atomic E-state index is 15.5. The fourth-order valence-electron chi connectivity index (χ4n) is 5.31. The summed E-state index contributed by atoms with van der Waals surface area (Å²) in [6, 6.07) is 6.71. The molecule has 3 fully saturated rings.